The topological polar surface area (TPSA) is 50.4 Å². The van der Waals surface area contributed by atoms with E-state index >= 15 is 0 Å². The minimum absolute atomic E-state index is 0.136. The Morgan fingerprint density at radius 2 is 1.95 bits per heavy atom. The zero-order valence-corrected chi connectivity index (χ0v) is 14.5. The third-order valence-electron chi connectivity index (χ3n) is 3.29. The van der Waals surface area contributed by atoms with Gasteiger partial charge in [-0.15, -0.1) is 0 Å². The highest BCUT2D eigenvalue weighted by Crippen LogP contribution is 2.30. The average molecular weight is 369 g/mol. The standard InChI is InChI=1S/C15H17BrN2O2S/c1-8(2)12-11(14(19)20-3)13(18-15(21)17-12)9-4-6-10(16)7-5-9/h4-8,13H,1-3H3,(H2,17,18,21)/t13-/m1/s1. The Kier molecular flexibility index (Phi) is 5.00. The molecule has 2 N–H and O–H groups in total. The lowest BCUT2D eigenvalue weighted by Gasteiger charge is -2.32. The lowest BCUT2D eigenvalue weighted by molar-refractivity contribution is -0.136. The number of carbonyl (C=O) groups excluding carboxylic acids is 1. The van der Waals surface area contributed by atoms with Crippen LogP contribution in [0.3, 0.4) is 0 Å². The first-order chi connectivity index (χ1) is 9.93. The number of carbonyl (C=O) groups is 1. The Balaban J connectivity index is 2.54. The Hall–Kier alpha value is -1.40. The molecule has 0 aliphatic carbocycles. The van der Waals surface area contributed by atoms with Crippen molar-refractivity contribution < 1.29 is 9.53 Å². The Labute approximate surface area is 138 Å². The molecule has 0 amide bonds. The highest BCUT2D eigenvalue weighted by molar-refractivity contribution is 9.10. The van der Waals surface area contributed by atoms with Crippen LogP contribution in [-0.4, -0.2) is 18.2 Å². The van der Waals surface area contributed by atoms with Crippen LogP contribution in [0, 0.1) is 5.92 Å². The lowest BCUT2D eigenvalue weighted by Crippen LogP contribution is -2.46. The third kappa shape index (κ3) is 3.44. The molecule has 0 bridgehead atoms. The van der Waals surface area contributed by atoms with Gasteiger partial charge in [-0.25, -0.2) is 4.79 Å². The maximum Gasteiger partial charge on any atom is 0.337 e. The first-order valence-corrected chi connectivity index (χ1v) is 7.79. The molecule has 6 heteroatoms. The fraction of sp³-hybridized carbons (Fsp3) is 0.333. The first-order valence-electron chi connectivity index (χ1n) is 6.59. The number of hydrogen-bond acceptors (Lipinski definition) is 3. The summed E-state index contributed by atoms with van der Waals surface area (Å²) in [5.74, 6) is -0.216. The summed E-state index contributed by atoms with van der Waals surface area (Å²) in [6.45, 7) is 4.02. The molecule has 0 fully saturated rings. The molecule has 0 aromatic heterocycles. The van der Waals surface area contributed by atoms with E-state index in [9.17, 15) is 4.79 Å². The van der Waals surface area contributed by atoms with E-state index in [0.29, 0.717) is 10.7 Å². The van der Waals surface area contributed by atoms with E-state index in [1.165, 1.54) is 7.11 Å². The first kappa shape index (κ1) is 16.0. The summed E-state index contributed by atoms with van der Waals surface area (Å²) in [6, 6.07) is 7.47. The molecule has 0 spiro atoms. The van der Waals surface area contributed by atoms with E-state index in [-0.39, 0.29) is 17.9 Å². The quantitative estimate of drug-likeness (QED) is 0.634. The van der Waals surface area contributed by atoms with Crippen molar-refractivity contribution in [2.24, 2.45) is 5.92 Å². The number of esters is 1. The van der Waals surface area contributed by atoms with Crippen LogP contribution in [0.15, 0.2) is 40.0 Å². The number of thiocarbonyl (C=S) groups is 1. The highest BCUT2D eigenvalue weighted by atomic mass is 79.9. The molecule has 0 radical (unpaired) electrons. The zero-order valence-electron chi connectivity index (χ0n) is 12.1. The minimum Gasteiger partial charge on any atom is -0.466 e. The molecule has 21 heavy (non-hydrogen) atoms. The molecular weight excluding hydrogens is 352 g/mol. The molecule has 0 unspecified atom stereocenters. The summed E-state index contributed by atoms with van der Waals surface area (Å²) >= 11 is 8.67. The molecule has 0 saturated heterocycles. The second-order valence-corrected chi connectivity index (χ2v) is 6.38. The van der Waals surface area contributed by atoms with Crippen molar-refractivity contribution in [2.45, 2.75) is 19.9 Å². The number of ether oxygens (including phenoxy) is 1. The van der Waals surface area contributed by atoms with Crippen molar-refractivity contribution >= 4 is 39.2 Å². The van der Waals surface area contributed by atoms with Gasteiger partial charge in [0, 0.05) is 10.2 Å². The van der Waals surface area contributed by atoms with Crippen molar-refractivity contribution in [2.75, 3.05) is 7.11 Å². The molecule has 4 nitrogen and oxygen atoms in total. The predicted octanol–water partition coefficient (Wildman–Crippen LogP) is 3.05. The van der Waals surface area contributed by atoms with Crippen LogP contribution in [0.1, 0.15) is 25.5 Å². The van der Waals surface area contributed by atoms with Crippen molar-refractivity contribution in [3.05, 3.63) is 45.6 Å². The molecule has 1 aliphatic rings. The van der Waals surface area contributed by atoms with E-state index in [1.807, 2.05) is 38.1 Å². The van der Waals surface area contributed by atoms with Crippen LogP contribution in [0.2, 0.25) is 0 Å². The SMILES string of the molecule is COC(=O)C1=C(C(C)C)NC(=S)N[C@@H]1c1ccc(Br)cc1. The van der Waals surface area contributed by atoms with Crippen LogP contribution in [-0.2, 0) is 9.53 Å². The normalized spacial score (nSPS) is 18.3. The fourth-order valence-corrected chi connectivity index (χ4v) is 2.77. The van der Waals surface area contributed by atoms with Gasteiger partial charge in [-0.1, -0.05) is 41.9 Å². The summed E-state index contributed by atoms with van der Waals surface area (Å²) in [5, 5.41) is 6.74. The van der Waals surface area contributed by atoms with Crippen LogP contribution in [0.4, 0.5) is 0 Å². The molecule has 1 aliphatic heterocycles. The highest BCUT2D eigenvalue weighted by Gasteiger charge is 2.32. The van der Waals surface area contributed by atoms with Gasteiger partial charge in [-0.3, -0.25) is 0 Å². The fourth-order valence-electron chi connectivity index (χ4n) is 2.28. The summed E-state index contributed by atoms with van der Waals surface area (Å²) in [6.07, 6.45) is 0. The molecule has 1 aromatic carbocycles. The number of rotatable bonds is 3. The number of allylic oxidation sites excluding steroid dienone is 1. The Morgan fingerprint density at radius 3 is 2.48 bits per heavy atom. The van der Waals surface area contributed by atoms with E-state index in [0.717, 1.165) is 15.7 Å². The third-order valence-corrected chi connectivity index (χ3v) is 4.04. The second kappa shape index (κ2) is 6.58. The molecular formula is C15H17BrN2O2S. The molecule has 1 atom stereocenters. The zero-order chi connectivity index (χ0) is 15.6. The number of halogens is 1. The van der Waals surface area contributed by atoms with Crippen molar-refractivity contribution in [1.29, 1.82) is 0 Å². The van der Waals surface area contributed by atoms with E-state index in [2.05, 4.69) is 26.6 Å². The van der Waals surface area contributed by atoms with Crippen molar-refractivity contribution in [3.63, 3.8) is 0 Å². The second-order valence-electron chi connectivity index (χ2n) is 5.06. The molecule has 1 heterocycles. The maximum atomic E-state index is 12.2. The maximum absolute atomic E-state index is 12.2. The van der Waals surface area contributed by atoms with Gasteiger partial charge in [-0.05, 0) is 35.8 Å². The van der Waals surface area contributed by atoms with Gasteiger partial charge in [0.25, 0.3) is 0 Å². The van der Waals surface area contributed by atoms with Crippen LogP contribution >= 0.6 is 28.1 Å². The van der Waals surface area contributed by atoms with E-state index < -0.39 is 0 Å². The minimum atomic E-state index is -0.353. The van der Waals surface area contributed by atoms with Crippen LogP contribution in [0.5, 0.6) is 0 Å². The molecule has 1 aromatic rings. The van der Waals surface area contributed by atoms with E-state index in [4.69, 9.17) is 17.0 Å². The van der Waals surface area contributed by atoms with Crippen LogP contribution < -0.4 is 10.6 Å². The molecule has 0 saturated carbocycles. The largest absolute Gasteiger partial charge is 0.466 e. The van der Waals surface area contributed by atoms with Crippen LogP contribution in [0.25, 0.3) is 0 Å². The van der Waals surface area contributed by atoms with Gasteiger partial charge in [0.05, 0.1) is 18.7 Å². The van der Waals surface area contributed by atoms with Gasteiger partial charge < -0.3 is 15.4 Å². The van der Waals surface area contributed by atoms with Gasteiger partial charge in [0.2, 0.25) is 0 Å². The summed E-state index contributed by atoms with van der Waals surface area (Å²) in [4.78, 5) is 12.2. The van der Waals surface area contributed by atoms with Gasteiger partial charge in [0.1, 0.15) is 0 Å². The van der Waals surface area contributed by atoms with Crippen molar-refractivity contribution in [1.82, 2.24) is 10.6 Å². The lowest BCUT2D eigenvalue weighted by atomic mass is 9.92. The smallest absolute Gasteiger partial charge is 0.337 e. The van der Waals surface area contributed by atoms with E-state index in [1.54, 1.807) is 0 Å². The summed E-state index contributed by atoms with van der Waals surface area (Å²) < 4.78 is 5.93. The number of benzene rings is 1. The average Bonchev–Trinajstić information content (AvgIpc) is 2.46. The number of nitrogens with one attached hydrogen (secondary N) is 2. The van der Waals surface area contributed by atoms with Gasteiger partial charge in [-0.2, -0.15) is 0 Å². The monoisotopic (exact) mass is 368 g/mol. The predicted molar refractivity (Wildman–Crippen MR) is 89.6 cm³/mol. The number of methoxy groups -OCH3 is 1. The molecule has 2 rings (SSSR count). The number of hydrogen-bond donors (Lipinski definition) is 2. The molecule has 112 valence electrons. The van der Waals surface area contributed by atoms with Gasteiger partial charge in [0.15, 0.2) is 5.11 Å². The summed E-state index contributed by atoms with van der Waals surface area (Å²) in [7, 11) is 1.39. The Morgan fingerprint density at radius 1 is 1.33 bits per heavy atom. The van der Waals surface area contributed by atoms with Crippen molar-refractivity contribution in [3.8, 4) is 0 Å². The van der Waals surface area contributed by atoms with Gasteiger partial charge >= 0.3 is 5.97 Å². The summed E-state index contributed by atoms with van der Waals surface area (Å²) in [5.41, 5.74) is 2.34. The Bertz CT molecular complexity index is 596.